The van der Waals surface area contributed by atoms with E-state index in [0.717, 1.165) is 5.59 Å². The van der Waals surface area contributed by atoms with Crippen LogP contribution in [0.5, 0.6) is 0 Å². The lowest BCUT2D eigenvalue weighted by Crippen LogP contribution is -2.01. The normalized spacial score (nSPS) is 9.14. The van der Waals surface area contributed by atoms with Gasteiger partial charge in [-0.15, -0.1) is 0 Å². The van der Waals surface area contributed by atoms with E-state index in [-0.39, 0.29) is 0 Å². The first-order valence-corrected chi connectivity index (χ1v) is 2.06. The number of hydrogen-bond donors (Lipinski definition) is 2. The van der Waals surface area contributed by atoms with Crippen LogP contribution in [0.15, 0.2) is 6.20 Å². The Labute approximate surface area is 42.4 Å². The van der Waals surface area contributed by atoms with Crippen molar-refractivity contribution in [2.24, 2.45) is 0 Å². The second-order valence-corrected chi connectivity index (χ2v) is 1.45. The highest BCUT2D eigenvalue weighted by Gasteiger charge is 1.84. The number of aromatic amines is 1. The Kier molecular flexibility index (Phi) is 0.783. The van der Waals surface area contributed by atoms with Gasteiger partial charge < -0.3 is 10.7 Å². The third kappa shape index (κ3) is 0.736. The van der Waals surface area contributed by atoms with Crippen molar-refractivity contribution in [1.29, 1.82) is 0 Å². The molecule has 0 aromatic carbocycles. The van der Waals surface area contributed by atoms with E-state index >= 15 is 0 Å². The molecule has 1 aromatic heterocycles. The van der Waals surface area contributed by atoms with Crippen molar-refractivity contribution in [3.05, 3.63) is 6.20 Å². The van der Waals surface area contributed by atoms with Gasteiger partial charge in [0.15, 0.2) is 13.8 Å². The van der Waals surface area contributed by atoms with Gasteiger partial charge in [0.05, 0.1) is 0 Å². The largest absolute Gasteiger partial charge is 0.369 e. The summed E-state index contributed by atoms with van der Waals surface area (Å²) in [7, 11) is 1.91. The molecule has 0 aliphatic heterocycles. The number of nitrogens with one attached hydrogen (secondary N) is 1. The number of nitrogens with two attached hydrogens (primary N) is 1. The maximum Gasteiger partial charge on any atom is 0.196 e. The number of imidazole rings is 1. The van der Waals surface area contributed by atoms with E-state index in [4.69, 9.17) is 5.73 Å². The Morgan fingerprint density at radius 1 is 1.86 bits per heavy atom. The molecule has 0 aliphatic carbocycles. The van der Waals surface area contributed by atoms with Crippen LogP contribution in [-0.2, 0) is 0 Å². The summed E-state index contributed by atoms with van der Waals surface area (Å²) in [4.78, 5) is 6.54. The van der Waals surface area contributed by atoms with E-state index in [1.165, 1.54) is 0 Å². The lowest BCUT2D eigenvalue weighted by atomic mass is 10.1. The molecule has 36 valence electrons. The fraction of sp³-hybridized carbons (Fsp3) is 0. The molecule has 0 saturated carbocycles. The third-order valence-corrected chi connectivity index (χ3v) is 0.723. The zero-order chi connectivity index (χ0) is 5.28. The Balaban J connectivity index is 3.04. The molecule has 0 radical (unpaired) electrons. The van der Waals surface area contributed by atoms with E-state index in [1.807, 2.05) is 7.85 Å². The molecule has 7 heavy (non-hydrogen) atoms. The average molecular weight is 94.9 g/mol. The monoisotopic (exact) mass is 95.1 g/mol. The molecular formula is C3H6BN3. The van der Waals surface area contributed by atoms with Crippen molar-refractivity contribution in [1.82, 2.24) is 9.97 Å². The molecule has 0 fully saturated rings. The standard InChI is InChI=1S/C3H6BN3/c4-2-1-6-3(5)7-2/h1H,4H2,(H3,5,6,7). The van der Waals surface area contributed by atoms with Crippen molar-refractivity contribution in [2.45, 2.75) is 0 Å². The number of nitrogens with zero attached hydrogens (tertiary/aromatic N) is 1. The smallest absolute Gasteiger partial charge is 0.196 e. The summed E-state index contributed by atoms with van der Waals surface area (Å²) in [5.74, 6) is 0.484. The summed E-state index contributed by atoms with van der Waals surface area (Å²) in [5, 5.41) is 0. The molecule has 0 atom stereocenters. The fourth-order valence-corrected chi connectivity index (χ4v) is 0.433. The predicted molar refractivity (Wildman–Crippen MR) is 31.2 cm³/mol. The molecule has 0 bridgehead atoms. The minimum Gasteiger partial charge on any atom is -0.369 e. The predicted octanol–water partition coefficient (Wildman–Crippen LogP) is -1.75. The van der Waals surface area contributed by atoms with Gasteiger partial charge in [-0.2, -0.15) is 0 Å². The van der Waals surface area contributed by atoms with E-state index in [9.17, 15) is 0 Å². The van der Waals surface area contributed by atoms with Crippen molar-refractivity contribution in [2.75, 3.05) is 5.73 Å². The number of anilines is 1. The topological polar surface area (TPSA) is 54.7 Å². The van der Waals surface area contributed by atoms with Gasteiger partial charge in [-0.3, -0.25) is 0 Å². The van der Waals surface area contributed by atoms with Gasteiger partial charge in [0.2, 0.25) is 0 Å². The highest BCUT2D eigenvalue weighted by molar-refractivity contribution is 6.30. The molecule has 0 amide bonds. The van der Waals surface area contributed by atoms with E-state index in [2.05, 4.69) is 9.97 Å². The van der Waals surface area contributed by atoms with Crippen LogP contribution in [0.2, 0.25) is 0 Å². The Morgan fingerprint density at radius 2 is 2.57 bits per heavy atom. The maximum atomic E-state index is 5.21. The molecule has 1 rings (SSSR count). The second kappa shape index (κ2) is 1.29. The van der Waals surface area contributed by atoms with Crippen LogP contribution in [-0.4, -0.2) is 17.8 Å². The molecule has 0 saturated heterocycles. The van der Waals surface area contributed by atoms with Crippen molar-refractivity contribution in [3.8, 4) is 0 Å². The third-order valence-electron chi connectivity index (χ3n) is 0.723. The SMILES string of the molecule is Bc1cnc(N)[nH]1. The molecule has 1 aromatic rings. The molecule has 0 aliphatic rings. The zero-order valence-corrected chi connectivity index (χ0v) is 4.10. The van der Waals surface area contributed by atoms with Crippen LogP contribution < -0.4 is 11.3 Å². The van der Waals surface area contributed by atoms with Gasteiger partial charge in [-0.25, -0.2) is 4.98 Å². The van der Waals surface area contributed by atoms with Crippen LogP contribution in [0.25, 0.3) is 0 Å². The molecule has 3 nitrogen and oxygen atoms in total. The minimum atomic E-state index is 0.484. The highest BCUT2D eigenvalue weighted by atomic mass is 15.0. The summed E-state index contributed by atoms with van der Waals surface area (Å²) in [6.45, 7) is 0. The van der Waals surface area contributed by atoms with Crippen LogP contribution in [0.1, 0.15) is 0 Å². The zero-order valence-electron chi connectivity index (χ0n) is 4.10. The van der Waals surface area contributed by atoms with Crippen molar-refractivity contribution >= 4 is 19.4 Å². The second-order valence-electron chi connectivity index (χ2n) is 1.45. The van der Waals surface area contributed by atoms with Gasteiger partial charge in [0.25, 0.3) is 0 Å². The van der Waals surface area contributed by atoms with Gasteiger partial charge in [0, 0.05) is 6.20 Å². The number of nitrogen functional groups attached to an aromatic ring is 1. The van der Waals surface area contributed by atoms with Gasteiger partial charge >= 0.3 is 0 Å². The summed E-state index contributed by atoms with van der Waals surface area (Å²) < 4.78 is 0. The minimum absolute atomic E-state index is 0.484. The molecule has 1 heterocycles. The first kappa shape index (κ1) is 4.24. The Bertz CT molecular complexity index is 142. The quantitative estimate of drug-likeness (QED) is 0.375. The summed E-state index contributed by atoms with van der Waals surface area (Å²) in [5.41, 5.74) is 6.21. The molecule has 0 spiro atoms. The lowest BCUT2D eigenvalue weighted by molar-refractivity contribution is 1.33. The number of hydrogen-bond acceptors (Lipinski definition) is 2. The van der Waals surface area contributed by atoms with Gasteiger partial charge in [-0.1, -0.05) is 0 Å². The first-order valence-electron chi connectivity index (χ1n) is 2.06. The van der Waals surface area contributed by atoms with E-state index in [0.29, 0.717) is 5.95 Å². The van der Waals surface area contributed by atoms with Crippen LogP contribution in [0, 0.1) is 0 Å². The Morgan fingerprint density at radius 3 is 2.71 bits per heavy atom. The lowest BCUT2D eigenvalue weighted by Gasteiger charge is -1.75. The molecule has 0 unspecified atom stereocenters. The fourth-order valence-electron chi connectivity index (χ4n) is 0.433. The molecular weight excluding hydrogens is 88.9 g/mol. The highest BCUT2D eigenvalue weighted by Crippen LogP contribution is 1.79. The Hall–Kier alpha value is -0.925. The van der Waals surface area contributed by atoms with Gasteiger partial charge in [0.1, 0.15) is 0 Å². The first-order chi connectivity index (χ1) is 3.29. The van der Waals surface area contributed by atoms with Crippen LogP contribution in [0.3, 0.4) is 0 Å². The number of rotatable bonds is 0. The molecule has 3 N–H and O–H groups in total. The van der Waals surface area contributed by atoms with Crippen molar-refractivity contribution in [3.63, 3.8) is 0 Å². The summed E-state index contributed by atoms with van der Waals surface area (Å²) >= 11 is 0. The number of H-pyrrole nitrogens is 1. The van der Waals surface area contributed by atoms with Crippen molar-refractivity contribution < 1.29 is 0 Å². The van der Waals surface area contributed by atoms with Gasteiger partial charge in [-0.05, 0) is 5.59 Å². The van der Waals surface area contributed by atoms with E-state index < -0.39 is 0 Å². The number of aromatic nitrogens is 2. The van der Waals surface area contributed by atoms with Crippen LogP contribution in [0.4, 0.5) is 5.95 Å². The summed E-state index contributed by atoms with van der Waals surface area (Å²) in [6.07, 6.45) is 1.69. The summed E-state index contributed by atoms with van der Waals surface area (Å²) in [6, 6.07) is 0. The van der Waals surface area contributed by atoms with E-state index in [1.54, 1.807) is 6.20 Å². The van der Waals surface area contributed by atoms with Crippen LogP contribution >= 0.6 is 0 Å². The average Bonchev–Trinajstić information content (AvgIpc) is 1.87. The molecule has 4 heteroatoms. The maximum absolute atomic E-state index is 5.21.